The van der Waals surface area contributed by atoms with Crippen LogP contribution in [0.3, 0.4) is 0 Å². The zero-order valence-corrected chi connectivity index (χ0v) is 13.1. The number of carbonyl (C=O) groups excluding carboxylic acids is 1. The summed E-state index contributed by atoms with van der Waals surface area (Å²) in [5.74, 6) is -0.0152. The Morgan fingerprint density at radius 3 is 2.91 bits per heavy atom. The number of hydrogen-bond donors (Lipinski definition) is 1. The molecule has 1 aromatic heterocycles. The fraction of sp³-hybridized carbons (Fsp3) is 0.444. The minimum Gasteiger partial charge on any atom is -0.324 e. The summed E-state index contributed by atoms with van der Waals surface area (Å²) in [4.78, 5) is 12.3. The molecule has 0 bridgehead atoms. The molecule has 3 rings (SSSR count). The van der Waals surface area contributed by atoms with Gasteiger partial charge < -0.3 is 5.32 Å². The van der Waals surface area contributed by atoms with Crippen LogP contribution < -0.4 is 5.32 Å². The molecule has 0 fully saturated rings. The van der Waals surface area contributed by atoms with Crippen molar-refractivity contribution in [3.05, 3.63) is 47.3 Å². The van der Waals surface area contributed by atoms with Gasteiger partial charge in [0.2, 0.25) is 5.91 Å². The Kier molecular flexibility index (Phi) is 4.56. The Balaban J connectivity index is 1.67. The molecule has 1 amide bonds. The Morgan fingerprint density at radius 2 is 2.05 bits per heavy atom. The number of rotatable bonds is 4. The Bertz CT molecular complexity index is 637. The molecule has 0 radical (unpaired) electrons. The van der Waals surface area contributed by atoms with E-state index in [9.17, 15) is 4.79 Å². The smallest absolute Gasteiger partial charge is 0.246 e. The van der Waals surface area contributed by atoms with E-state index < -0.39 is 0 Å². The Labute approximate surface area is 131 Å². The predicted molar refractivity (Wildman–Crippen MR) is 87.9 cm³/mol. The van der Waals surface area contributed by atoms with Crippen molar-refractivity contribution in [2.45, 2.75) is 52.0 Å². The van der Waals surface area contributed by atoms with Crippen molar-refractivity contribution in [3.8, 4) is 0 Å². The summed E-state index contributed by atoms with van der Waals surface area (Å²) < 4.78 is 1.79. The Hall–Kier alpha value is -2.10. The van der Waals surface area contributed by atoms with E-state index >= 15 is 0 Å². The number of nitrogens with one attached hydrogen (secondary N) is 1. The number of aromatic nitrogens is 2. The third kappa shape index (κ3) is 3.38. The van der Waals surface area contributed by atoms with Crippen LogP contribution in [0.25, 0.3) is 0 Å². The van der Waals surface area contributed by atoms with E-state index in [1.165, 1.54) is 30.5 Å². The van der Waals surface area contributed by atoms with Gasteiger partial charge in [-0.05, 0) is 49.3 Å². The van der Waals surface area contributed by atoms with Crippen LogP contribution in [0.5, 0.6) is 0 Å². The molecule has 0 spiro atoms. The monoisotopic (exact) mass is 297 g/mol. The lowest BCUT2D eigenvalue weighted by atomic mass is 10.1. The van der Waals surface area contributed by atoms with Gasteiger partial charge in [0.1, 0.15) is 6.54 Å². The van der Waals surface area contributed by atoms with Gasteiger partial charge in [-0.2, -0.15) is 5.10 Å². The molecular weight excluding hydrogens is 274 g/mol. The molecule has 0 aliphatic heterocycles. The molecular formula is C18H23N3O. The van der Waals surface area contributed by atoms with Gasteiger partial charge in [0.15, 0.2) is 0 Å². The maximum Gasteiger partial charge on any atom is 0.246 e. The number of aryl methyl sites for hydroxylation is 3. The van der Waals surface area contributed by atoms with E-state index in [-0.39, 0.29) is 12.5 Å². The summed E-state index contributed by atoms with van der Waals surface area (Å²) >= 11 is 0. The lowest BCUT2D eigenvalue weighted by Gasteiger charge is -2.09. The van der Waals surface area contributed by atoms with Crippen LogP contribution in [0, 0.1) is 0 Å². The predicted octanol–water partition coefficient (Wildman–Crippen LogP) is 3.35. The first-order valence-corrected chi connectivity index (χ1v) is 8.19. The van der Waals surface area contributed by atoms with Crippen molar-refractivity contribution in [3.63, 3.8) is 0 Å². The number of hydrogen-bond acceptors (Lipinski definition) is 2. The van der Waals surface area contributed by atoms with Gasteiger partial charge in [-0.1, -0.05) is 31.5 Å². The van der Waals surface area contributed by atoms with Gasteiger partial charge >= 0.3 is 0 Å². The highest BCUT2D eigenvalue weighted by Gasteiger charge is 2.14. The van der Waals surface area contributed by atoms with Crippen molar-refractivity contribution in [1.29, 1.82) is 0 Å². The number of nitrogens with zero attached hydrogens (tertiary/aromatic N) is 2. The maximum absolute atomic E-state index is 12.3. The lowest BCUT2D eigenvalue weighted by Crippen LogP contribution is -2.20. The van der Waals surface area contributed by atoms with Crippen LogP contribution in [-0.2, 0) is 30.6 Å². The van der Waals surface area contributed by atoms with Crippen LogP contribution in [0.4, 0.5) is 5.69 Å². The van der Waals surface area contributed by atoms with E-state index in [4.69, 9.17) is 0 Å². The minimum atomic E-state index is -0.0152. The highest BCUT2D eigenvalue weighted by Crippen LogP contribution is 2.19. The Morgan fingerprint density at radius 1 is 1.23 bits per heavy atom. The van der Waals surface area contributed by atoms with E-state index in [1.54, 1.807) is 4.68 Å². The van der Waals surface area contributed by atoms with Crippen LogP contribution >= 0.6 is 0 Å². The summed E-state index contributed by atoms with van der Waals surface area (Å²) in [5.41, 5.74) is 4.56. The second-order valence-electron chi connectivity index (χ2n) is 5.92. The van der Waals surface area contributed by atoms with E-state index in [2.05, 4.69) is 17.3 Å². The van der Waals surface area contributed by atoms with Gasteiger partial charge in [-0.25, -0.2) is 0 Å². The van der Waals surface area contributed by atoms with Crippen LogP contribution in [0.1, 0.15) is 43.0 Å². The molecule has 1 N–H and O–H groups in total. The molecule has 0 saturated heterocycles. The second kappa shape index (κ2) is 6.77. The minimum absolute atomic E-state index is 0.0152. The van der Waals surface area contributed by atoms with Gasteiger partial charge in [-0.3, -0.25) is 9.48 Å². The molecule has 0 saturated carbocycles. The summed E-state index contributed by atoms with van der Waals surface area (Å²) in [6.07, 6.45) is 8.82. The van der Waals surface area contributed by atoms with Gasteiger partial charge in [0, 0.05) is 11.9 Å². The molecule has 1 heterocycles. The normalized spacial score (nSPS) is 14.2. The van der Waals surface area contributed by atoms with Crippen molar-refractivity contribution >= 4 is 11.6 Å². The molecule has 0 unspecified atom stereocenters. The number of amides is 1. The highest BCUT2D eigenvalue weighted by molar-refractivity contribution is 5.91. The van der Waals surface area contributed by atoms with Gasteiger partial charge in [0.05, 0.1) is 5.69 Å². The zero-order chi connectivity index (χ0) is 15.4. The third-order valence-corrected chi connectivity index (χ3v) is 4.26. The van der Waals surface area contributed by atoms with Crippen molar-refractivity contribution in [2.75, 3.05) is 5.32 Å². The van der Waals surface area contributed by atoms with E-state index in [0.717, 1.165) is 30.5 Å². The topological polar surface area (TPSA) is 46.9 Å². The maximum atomic E-state index is 12.3. The van der Waals surface area contributed by atoms with Crippen molar-refractivity contribution in [1.82, 2.24) is 9.78 Å². The van der Waals surface area contributed by atoms with Crippen LogP contribution in [0.2, 0.25) is 0 Å². The molecule has 22 heavy (non-hydrogen) atoms. The molecule has 4 nitrogen and oxygen atoms in total. The average molecular weight is 297 g/mol. The second-order valence-corrected chi connectivity index (χ2v) is 5.92. The average Bonchev–Trinajstić information content (AvgIpc) is 2.76. The summed E-state index contributed by atoms with van der Waals surface area (Å²) in [6.45, 7) is 2.38. The third-order valence-electron chi connectivity index (χ3n) is 4.26. The van der Waals surface area contributed by atoms with Crippen molar-refractivity contribution < 1.29 is 4.79 Å². The fourth-order valence-corrected chi connectivity index (χ4v) is 3.08. The first-order valence-electron chi connectivity index (χ1n) is 8.19. The van der Waals surface area contributed by atoms with Crippen molar-refractivity contribution in [2.24, 2.45) is 0 Å². The molecule has 1 aliphatic carbocycles. The highest BCUT2D eigenvalue weighted by atomic mass is 16.2. The molecule has 116 valence electrons. The number of carbonyl (C=O) groups is 1. The first-order chi connectivity index (χ1) is 10.8. The molecule has 1 aromatic carbocycles. The molecule has 0 atom stereocenters. The first kappa shape index (κ1) is 14.8. The van der Waals surface area contributed by atoms with Gasteiger partial charge in [-0.15, -0.1) is 0 Å². The quantitative estimate of drug-likeness (QED) is 0.880. The zero-order valence-electron chi connectivity index (χ0n) is 13.1. The number of fused-ring (bicyclic) bond motifs is 1. The number of benzene rings is 1. The van der Waals surface area contributed by atoms with Gasteiger partial charge in [0.25, 0.3) is 0 Å². The van der Waals surface area contributed by atoms with Crippen LogP contribution in [-0.4, -0.2) is 15.7 Å². The van der Waals surface area contributed by atoms with Crippen LogP contribution in [0.15, 0.2) is 30.5 Å². The molecule has 1 aliphatic rings. The molecule has 4 heteroatoms. The lowest BCUT2D eigenvalue weighted by molar-refractivity contribution is -0.116. The largest absolute Gasteiger partial charge is 0.324 e. The van der Waals surface area contributed by atoms with E-state index in [0.29, 0.717) is 0 Å². The summed E-state index contributed by atoms with van der Waals surface area (Å²) in [6, 6.07) is 7.95. The summed E-state index contributed by atoms with van der Waals surface area (Å²) in [5, 5.41) is 7.59. The molecule has 2 aromatic rings. The van der Waals surface area contributed by atoms with E-state index in [1.807, 2.05) is 30.5 Å². The fourth-order valence-electron chi connectivity index (χ4n) is 3.08. The standard InChI is InChI=1S/C18H23N3O/c1-2-14-8-6-7-10-16(14)19-18(22)13-21-12-15-9-4-3-5-11-17(15)20-21/h6-8,10,12H,2-5,9,11,13H2,1H3,(H,19,22). The number of anilines is 1. The SMILES string of the molecule is CCc1ccccc1NC(=O)Cn1cc2c(n1)CCCCC2. The summed E-state index contributed by atoms with van der Waals surface area (Å²) in [7, 11) is 0. The number of para-hydroxylation sites is 1.